The molecule has 0 atom stereocenters. The lowest BCUT2D eigenvalue weighted by Gasteiger charge is -2.30. The van der Waals surface area contributed by atoms with Gasteiger partial charge in [0.2, 0.25) is 0 Å². The Morgan fingerprint density at radius 3 is 2.64 bits per heavy atom. The molecule has 2 rings (SSSR count). The summed E-state index contributed by atoms with van der Waals surface area (Å²) in [6, 6.07) is 5.51. The molecule has 0 heterocycles. The van der Waals surface area contributed by atoms with E-state index in [0.29, 0.717) is 10.7 Å². The largest absolute Gasteiger partial charge is 0.465 e. The van der Waals surface area contributed by atoms with Gasteiger partial charge < -0.3 is 15.4 Å². The van der Waals surface area contributed by atoms with Crippen molar-refractivity contribution in [1.82, 2.24) is 5.32 Å². The first-order chi connectivity index (χ1) is 10.5. The van der Waals surface area contributed by atoms with Crippen LogP contribution >= 0.6 is 12.2 Å². The lowest BCUT2D eigenvalue weighted by Crippen LogP contribution is -2.47. The van der Waals surface area contributed by atoms with Crippen LogP contribution in [0.25, 0.3) is 0 Å². The van der Waals surface area contributed by atoms with Gasteiger partial charge in [0.25, 0.3) is 0 Å². The summed E-state index contributed by atoms with van der Waals surface area (Å²) in [7, 11) is 1.39. The standard InChI is InChI=1S/C17H24N2O2S/c1-4-17(10-5-6-11-17)19-16(22)18-14-9-7-8-13(12(14)2)15(20)21-3/h7-9H,4-6,10-11H2,1-3H3,(H2,18,19,22). The van der Waals surface area contributed by atoms with Crippen LogP contribution in [-0.4, -0.2) is 23.7 Å². The summed E-state index contributed by atoms with van der Waals surface area (Å²) < 4.78 is 4.80. The van der Waals surface area contributed by atoms with E-state index in [9.17, 15) is 4.79 Å². The van der Waals surface area contributed by atoms with Crippen LogP contribution < -0.4 is 10.6 Å². The second-order valence-corrected chi connectivity index (χ2v) is 6.30. The third kappa shape index (κ3) is 3.58. The lowest BCUT2D eigenvalue weighted by molar-refractivity contribution is 0.0600. The molecule has 4 nitrogen and oxygen atoms in total. The number of methoxy groups -OCH3 is 1. The van der Waals surface area contributed by atoms with Crippen LogP contribution in [0.4, 0.5) is 5.69 Å². The molecule has 1 fully saturated rings. The van der Waals surface area contributed by atoms with Gasteiger partial charge in [0.15, 0.2) is 5.11 Å². The summed E-state index contributed by atoms with van der Waals surface area (Å²) in [6.45, 7) is 4.09. The quantitative estimate of drug-likeness (QED) is 0.653. The Balaban J connectivity index is 2.10. The number of nitrogens with one attached hydrogen (secondary N) is 2. The van der Waals surface area contributed by atoms with Crippen LogP contribution in [0.15, 0.2) is 18.2 Å². The Morgan fingerprint density at radius 2 is 2.05 bits per heavy atom. The van der Waals surface area contributed by atoms with Crippen LogP contribution in [0.2, 0.25) is 0 Å². The van der Waals surface area contributed by atoms with Crippen molar-refractivity contribution in [2.75, 3.05) is 12.4 Å². The average Bonchev–Trinajstić information content (AvgIpc) is 2.97. The second-order valence-electron chi connectivity index (χ2n) is 5.89. The predicted molar refractivity (Wildman–Crippen MR) is 93.4 cm³/mol. The molecule has 1 aliphatic carbocycles. The first-order valence-corrected chi connectivity index (χ1v) is 8.19. The molecule has 2 N–H and O–H groups in total. The maximum Gasteiger partial charge on any atom is 0.338 e. The number of benzene rings is 1. The first-order valence-electron chi connectivity index (χ1n) is 7.78. The van der Waals surface area contributed by atoms with E-state index >= 15 is 0 Å². The van der Waals surface area contributed by atoms with Crippen molar-refractivity contribution in [3.63, 3.8) is 0 Å². The van der Waals surface area contributed by atoms with Crippen molar-refractivity contribution in [3.05, 3.63) is 29.3 Å². The lowest BCUT2D eigenvalue weighted by atomic mass is 9.94. The highest BCUT2D eigenvalue weighted by Crippen LogP contribution is 2.32. The monoisotopic (exact) mass is 320 g/mol. The zero-order valence-electron chi connectivity index (χ0n) is 13.5. The van der Waals surface area contributed by atoms with Crippen molar-refractivity contribution in [3.8, 4) is 0 Å². The maximum atomic E-state index is 11.7. The number of rotatable bonds is 4. The predicted octanol–water partition coefficient (Wildman–Crippen LogP) is 3.79. The van der Waals surface area contributed by atoms with Gasteiger partial charge in [-0.3, -0.25) is 0 Å². The summed E-state index contributed by atoms with van der Waals surface area (Å²) in [6.07, 6.45) is 5.88. The number of carbonyl (C=O) groups is 1. The van der Waals surface area contributed by atoms with Gasteiger partial charge in [-0.05, 0) is 56.1 Å². The van der Waals surface area contributed by atoms with Gasteiger partial charge in [-0.25, -0.2) is 4.79 Å². The Hall–Kier alpha value is -1.62. The van der Waals surface area contributed by atoms with Crippen molar-refractivity contribution < 1.29 is 9.53 Å². The van der Waals surface area contributed by atoms with Gasteiger partial charge in [-0.2, -0.15) is 0 Å². The van der Waals surface area contributed by atoms with Gasteiger partial charge in [0, 0.05) is 11.2 Å². The number of carbonyl (C=O) groups excluding carboxylic acids is 1. The molecule has 22 heavy (non-hydrogen) atoms. The van der Waals surface area contributed by atoms with E-state index < -0.39 is 0 Å². The number of thiocarbonyl (C=S) groups is 1. The number of anilines is 1. The van der Waals surface area contributed by atoms with Crippen LogP contribution in [0.5, 0.6) is 0 Å². The molecular weight excluding hydrogens is 296 g/mol. The molecule has 120 valence electrons. The Kier molecular flexibility index (Phi) is 5.40. The van der Waals surface area contributed by atoms with Gasteiger partial charge in [0.05, 0.1) is 12.7 Å². The minimum atomic E-state index is -0.333. The summed E-state index contributed by atoms with van der Waals surface area (Å²) in [4.78, 5) is 11.7. The number of hydrogen-bond acceptors (Lipinski definition) is 3. The topological polar surface area (TPSA) is 50.4 Å². The highest BCUT2D eigenvalue weighted by atomic mass is 32.1. The second kappa shape index (κ2) is 7.09. The molecule has 0 unspecified atom stereocenters. The van der Waals surface area contributed by atoms with E-state index in [1.807, 2.05) is 19.1 Å². The smallest absolute Gasteiger partial charge is 0.338 e. The highest BCUT2D eigenvalue weighted by molar-refractivity contribution is 7.80. The molecule has 0 aromatic heterocycles. The van der Waals surface area contributed by atoms with Crippen molar-refractivity contribution in [1.29, 1.82) is 0 Å². The summed E-state index contributed by atoms with van der Waals surface area (Å²) in [5, 5.41) is 7.33. The van der Waals surface area contributed by atoms with E-state index in [-0.39, 0.29) is 11.5 Å². The zero-order chi connectivity index (χ0) is 16.2. The number of ether oxygens (including phenoxy) is 1. The molecule has 1 aliphatic rings. The third-order valence-electron chi connectivity index (χ3n) is 4.60. The van der Waals surface area contributed by atoms with Crippen molar-refractivity contribution in [2.24, 2.45) is 0 Å². The fraction of sp³-hybridized carbons (Fsp3) is 0.529. The Morgan fingerprint density at radius 1 is 1.36 bits per heavy atom. The fourth-order valence-corrected chi connectivity index (χ4v) is 3.44. The molecular formula is C17H24N2O2S. The normalized spacial score (nSPS) is 16.1. The SMILES string of the molecule is CCC1(NC(=S)Nc2cccc(C(=O)OC)c2C)CCCC1. The van der Waals surface area contributed by atoms with Gasteiger partial charge in [-0.1, -0.05) is 25.8 Å². The maximum absolute atomic E-state index is 11.7. The minimum absolute atomic E-state index is 0.123. The molecule has 0 amide bonds. The van der Waals surface area contributed by atoms with E-state index in [1.54, 1.807) is 6.07 Å². The number of esters is 1. The Bertz CT molecular complexity index is 566. The average molecular weight is 320 g/mol. The molecule has 1 aromatic rings. The van der Waals surface area contributed by atoms with Gasteiger partial charge in [-0.15, -0.1) is 0 Å². The van der Waals surface area contributed by atoms with Crippen molar-refractivity contribution in [2.45, 2.75) is 51.5 Å². The molecule has 0 saturated heterocycles. The fourth-order valence-electron chi connectivity index (χ4n) is 3.12. The molecule has 0 aliphatic heterocycles. The molecule has 0 radical (unpaired) electrons. The van der Waals surface area contributed by atoms with E-state index in [4.69, 9.17) is 17.0 Å². The summed E-state index contributed by atoms with van der Waals surface area (Å²) >= 11 is 5.47. The molecule has 1 saturated carbocycles. The third-order valence-corrected chi connectivity index (χ3v) is 4.81. The van der Waals surface area contributed by atoms with Gasteiger partial charge >= 0.3 is 5.97 Å². The van der Waals surface area contributed by atoms with E-state index in [2.05, 4.69) is 17.6 Å². The van der Waals surface area contributed by atoms with Crippen LogP contribution in [0.3, 0.4) is 0 Å². The van der Waals surface area contributed by atoms with Crippen molar-refractivity contribution >= 4 is 29.0 Å². The summed E-state index contributed by atoms with van der Waals surface area (Å²) in [5.41, 5.74) is 2.36. The molecule has 5 heteroatoms. The Labute approximate surface area is 137 Å². The molecule has 1 aromatic carbocycles. The van der Waals surface area contributed by atoms with Crippen LogP contribution in [0.1, 0.15) is 54.9 Å². The van der Waals surface area contributed by atoms with Crippen LogP contribution in [-0.2, 0) is 4.74 Å². The number of hydrogen-bond donors (Lipinski definition) is 2. The van der Waals surface area contributed by atoms with E-state index in [0.717, 1.165) is 30.5 Å². The minimum Gasteiger partial charge on any atom is -0.465 e. The van der Waals surface area contributed by atoms with Crippen LogP contribution in [0, 0.1) is 6.92 Å². The summed E-state index contributed by atoms with van der Waals surface area (Å²) in [5.74, 6) is -0.333. The molecule has 0 bridgehead atoms. The van der Waals surface area contributed by atoms with E-state index in [1.165, 1.54) is 20.0 Å². The zero-order valence-corrected chi connectivity index (χ0v) is 14.3. The molecule has 0 spiro atoms. The van der Waals surface area contributed by atoms with Gasteiger partial charge in [0.1, 0.15) is 0 Å². The first kappa shape index (κ1) is 16.7. The highest BCUT2D eigenvalue weighted by Gasteiger charge is 2.32.